The van der Waals surface area contributed by atoms with Crippen molar-refractivity contribution in [1.82, 2.24) is 0 Å². The Kier molecular flexibility index (Phi) is 5.06. The van der Waals surface area contributed by atoms with E-state index >= 15 is 0 Å². The first kappa shape index (κ1) is 21.4. The lowest BCUT2D eigenvalue weighted by Gasteiger charge is -2.53. The molecule has 4 aliphatic carbocycles. The van der Waals surface area contributed by atoms with Crippen LogP contribution < -0.4 is 0 Å². The summed E-state index contributed by atoms with van der Waals surface area (Å²) < 4.78 is 0. The summed E-state index contributed by atoms with van der Waals surface area (Å²) in [6, 6.07) is 8.06. The van der Waals surface area contributed by atoms with Gasteiger partial charge in [-0.3, -0.25) is 9.59 Å². The van der Waals surface area contributed by atoms with E-state index in [1.54, 1.807) is 6.92 Å². The van der Waals surface area contributed by atoms with Crippen molar-refractivity contribution in [1.29, 1.82) is 0 Å². The molecule has 4 aliphatic rings. The van der Waals surface area contributed by atoms with Gasteiger partial charge in [-0.15, -0.1) is 5.92 Å². The molecule has 0 saturated heterocycles. The Morgan fingerprint density at radius 3 is 2.56 bits per heavy atom. The van der Waals surface area contributed by atoms with Gasteiger partial charge in [0.25, 0.3) is 0 Å². The summed E-state index contributed by atoms with van der Waals surface area (Å²) >= 11 is 0. The Hall–Kier alpha value is -2.44. The average molecular weight is 429 g/mol. The van der Waals surface area contributed by atoms with E-state index in [4.69, 9.17) is 0 Å². The number of aliphatic hydroxyl groups is 1. The lowest BCUT2D eigenvalue weighted by atomic mass is 9.51. The van der Waals surface area contributed by atoms with Crippen molar-refractivity contribution in [3.8, 4) is 11.8 Å². The van der Waals surface area contributed by atoms with Crippen LogP contribution >= 0.6 is 0 Å². The van der Waals surface area contributed by atoms with Gasteiger partial charge in [0.15, 0.2) is 11.6 Å². The maximum atomic E-state index is 12.1. The topological polar surface area (TPSA) is 54.4 Å². The molecule has 5 atom stereocenters. The SMILES string of the molecule is CC#C[C@]1(O)CCC2C3CCC4=CC(=O)CCC4=C3C(c3ccc(C(C)=O)cc3)C[C@@]21C. The summed E-state index contributed by atoms with van der Waals surface area (Å²) in [7, 11) is 0. The van der Waals surface area contributed by atoms with E-state index in [-0.39, 0.29) is 22.9 Å². The molecular formula is C29H32O3. The molecule has 0 aliphatic heterocycles. The molecule has 3 nitrogen and oxygen atoms in total. The van der Waals surface area contributed by atoms with Crippen LogP contribution in [0.5, 0.6) is 0 Å². The predicted octanol–water partition coefficient (Wildman–Crippen LogP) is 5.54. The second kappa shape index (κ2) is 7.56. The highest BCUT2D eigenvalue weighted by Gasteiger charge is 2.62. The highest BCUT2D eigenvalue weighted by molar-refractivity contribution is 5.94. The van der Waals surface area contributed by atoms with E-state index in [1.165, 1.54) is 22.3 Å². The fraction of sp³-hybridized carbons (Fsp3) is 0.517. The number of fused-ring (bicyclic) bond motifs is 4. The van der Waals surface area contributed by atoms with Crippen molar-refractivity contribution < 1.29 is 14.7 Å². The minimum absolute atomic E-state index is 0.0733. The van der Waals surface area contributed by atoms with Crippen LogP contribution in [0.25, 0.3) is 0 Å². The zero-order chi connectivity index (χ0) is 22.7. The van der Waals surface area contributed by atoms with Crippen LogP contribution in [0, 0.1) is 29.1 Å². The quantitative estimate of drug-likeness (QED) is 0.497. The summed E-state index contributed by atoms with van der Waals surface area (Å²) in [5, 5.41) is 11.7. The Balaban J connectivity index is 1.68. The first-order valence-electron chi connectivity index (χ1n) is 12.0. The van der Waals surface area contributed by atoms with E-state index in [2.05, 4.69) is 30.9 Å². The van der Waals surface area contributed by atoms with Crippen molar-refractivity contribution in [2.75, 3.05) is 0 Å². The number of ketones is 2. The van der Waals surface area contributed by atoms with Crippen LogP contribution in [0.3, 0.4) is 0 Å². The maximum Gasteiger partial charge on any atom is 0.159 e. The molecule has 5 rings (SSSR count). The minimum Gasteiger partial charge on any atom is -0.377 e. The number of carbonyl (C=O) groups is 2. The summed E-state index contributed by atoms with van der Waals surface area (Å²) in [6.45, 7) is 5.67. The van der Waals surface area contributed by atoms with Gasteiger partial charge in [0.1, 0.15) is 5.60 Å². The third-order valence-corrected chi connectivity index (χ3v) is 8.94. The number of benzene rings is 1. The molecule has 2 saturated carbocycles. The highest BCUT2D eigenvalue weighted by Crippen LogP contribution is 2.66. The van der Waals surface area contributed by atoms with Crippen molar-refractivity contribution >= 4 is 11.6 Å². The molecule has 0 spiro atoms. The zero-order valence-electron chi connectivity index (χ0n) is 19.3. The molecule has 32 heavy (non-hydrogen) atoms. The molecule has 0 amide bonds. The Bertz CT molecular complexity index is 1110. The van der Waals surface area contributed by atoms with E-state index in [1.807, 2.05) is 25.1 Å². The summed E-state index contributed by atoms with van der Waals surface area (Å²) in [5.74, 6) is 7.53. The van der Waals surface area contributed by atoms with Gasteiger partial charge >= 0.3 is 0 Å². The van der Waals surface area contributed by atoms with Gasteiger partial charge in [0.2, 0.25) is 0 Å². The third-order valence-electron chi connectivity index (χ3n) is 8.94. The van der Waals surface area contributed by atoms with Gasteiger partial charge < -0.3 is 5.11 Å². The first-order chi connectivity index (χ1) is 15.3. The molecular weight excluding hydrogens is 396 g/mol. The van der Waals surface area contributed by atoms with E-state index < -0.39 is 5.60 Å². The minimum atomic E-state index is -0.959. The zero-order valence-corrected chi connectivity index (χ0v) is 19.3. The smallest absolute Gasteiger partial charge is 0.159 e. The fourth-order valence-electron chi connectivity index (χ4n) is 7.33. The van der Waals surface area contributed by atoms with Gasteiger partial charge in [0.05, 0.1) is 0 Å². The van der Waals surface area contributed by atoms with Crippen molar-refractivity contribution in [2.45, 2.75) is 77.2 Å². The van der Waals surface area contributed by atoms with E-state index in [9.17, 15) is 14.7 Å². The number of allylic oxidation sites excluding steroid dienone is 4. The molecule has 3 heteroatoms. The summed E-state index contributed by atoms with van der Waals surface area (Å²) in [5.41, 5.74) is 4.84. The van der Waals surface area contributed by atoms with Crippen LogP contribution in [0.2, 0.25) is 0 Å². The lowest BCUT2D eigenvalue weighted by molar-refractivity contribution is -0.114. The van der Waals surface area contributed by atoms with Crippen molar-refractivity contribution in [3.63, 3.8) is 0 Å². The van der Waals surface area contributed by atoms with Crippen LogP contribution in [-0.2, 0) is 4.79 Å². The average Bonchev–Trinajstić information content (AvgIpc) is 3.03. The van der Waals surface area contributed by atoms with Gasteiger partial charge in [-0.2, -0.15) is 0 Å². The molecule has 1 aromatic carbocycles. The number of carbonyl (C=O) groups excluding carboxylic acids is 2. The lowest BCUT2D eigenvalue weighted by Crippen LogP contribution is -2.51. The number of Topliss-reactive ketones (excluding diaryl/α,β-unsaturated/α-hetero) is 1. The van der Waals surface area contributed by atoms with Gasteiger partial charge in [-0.05, 0) is 87.0 Å². The Labute approximate surface area is 191 Å². The standard InChI is InChI=1S/C29H32O3/c1-4-14-29(32)15-13-26-24-11-9-21-16-22(31)10-12-23(21)27(24)25(17-28(26,29)3)20-7-5-19(6-8-20)18(2)30/h5-8,16,24-26,32H,9-13,15,17H2,1-3H3/t24?,25?,26?,28-,29-/m0/s1. The van der Waals surface area contributed by atoms with Crippen LogP contribution in [0.15, 0.2) is 47.1 Å². The molecule has 0 radical (unpaired) electrons. The summed E-state index contributed by atoms with van der Waals surface area (Å²) in [6.07, 6.45) is 7.88. The molecule has 1 N–H and O–H groups in total. The molecule has 0 bridgehead atoms. The number of hydrogen-bond acceptors (Lipinski definition) is 3. The fourth-order valence-corrected chi connectivity index (χ4v) is 7.33. The first-order valence-corrected chi connectivity index (χ1v) is 12.0. The Morgan fingerprint density at radius 2 is 1.88 bits per heavy atom. The van der Waals surface area contributed by atoms with E-state index in [0.29, 0.717) is 18.3 Å². The molecule has 1 aromatic rings. The largest absolute Gasteiger partial charge is 0.377 e. The predicted molar refractivity (Wildman–Crippen MR) is 125 cm³/mol. The normalized spacial score (nSPS) is 35.8. The molecule has 3 unspecified atom stereocenters. The molecule has 0 aromatic heterocycles. The molecule has 0 heterocycles. The molecule has 166 valence electrons. The third kappa shape index (κ3) is 3.07. The molecule has 2 fully saturated rings. The number of hydrogen-bond donors (Lipinski definition) is 1. The Morgan fingerprint density at radius 1 is 1.12 bits per heavy atom. The van der Waals surface area contributed by atoms with Gasteiger partial charge in [-0.1, -0.05) is 42.7 Å². The maximum absolute atomic E-state index is 12.1. The number of rotatable bonds is 2. The van der Waals surface area contributed by atoms with Gasteiger partial charge in [0, 0.05) is 23.3 Å². The second-order valence-electron chi connectivity index (χ2n) is 10.4. The van der Waals surface area contributed by atoms with Crippen LogP contribution in [-0.4, -0.2) is 22.3 Å². The van der Waals surface area contributed by atoms with Crippen LogP contribution in [0.1, 0.15) is 87.6 Å². The van der Waals surface area contributed by atoms with Crippen molar-refractivity contribution in [2.24, 2.45) is 17.3 Å². The van der Waals surface area contributed by atoms with Crippen LogP contribution in [0.4, 0.5) is 0 Å². The van der Waals surface area contributed by atoms with E-state index in [0.717, 1.165) is 44.1 Å². The monoisotopic (exact) mass is 428 g/mol. The highest BCUT2D eigenvalue weighted by atomic mass is 16.3. The van der Waals surface area contributed by atoms with Gasteiger partial charge in [-0.25, -0.2) is 0 Å². The van der Waals surface area contributed by atoms with Crippen molar-refractivity contribution in [3.05, 3.63) is 58.2 Å². The second-order valence-corrected chi connectivity index (χ2v) is 10.4. The summed E-state index contributed by atoms with van der Waals surface area (Å²) in [4.78, 5) is 24.0.